The van der Waals surface area contributed by atoms with Crippen LogP contribution in [0.2, 0.25) is 0 Å². The van der Waals surface area contributed by atoms with Gasteiger partial charge in [-0.15, -0.1) is 22.7 Å². The lowest BCUT2D eigenvalue weighted by molar-refractivity contribution is 0.0995. The zero-order valence-corrected chi connectivity index (χ0v) is 12.7. The van der Waals surface area contributed by atoms with Crippen LogP contribution in [0.25, 0.3) is 20.3 Å². The number of ketones is 1. The van der Waals surface area contributed by atoms with Crippen molar-refractivity contribution in [3.8, 4) is 0 Å². The first-order chi connectivity index (χ1) is 10.3. The number of nitrogens with zero attached hydrogens (tertiary/aromatic N) is 1. The van der Waals surface area contributed by atoms with Crippen molar-refractivity contribution in [2.24, 2.45) is 0 Å². The maximum atomic E-state index is 12.5. The number of hydrogen-bond donors (Lipinski definition) is 0. The first kappa shape index (κ1) is 12.7. The molecule has 4 aromatic rings. The summed E-state index contributed by atoms with van der Waals surface area (Å²) in [6.45, 7) is 0. The van der Waals surface area contributed by atoms with Crippen LogP contribution in [0.1, 0.15) is 15.4 Å². The molecule has 4 heteroatoms. The Balaban J connectivity index is 1.69. The number of benzene rings is 2. The Hall–Kier alpha value is -2.04. The summed E-state index contributed by atoms with van der Waals surface area (Å²) in [5.74, 6) is 0.145. The lowest BCUT2D eigenvalue weighted by Gasteiger charge is -1.96. The van der Waals surface area contributed by atoms with Gasteiger partial charge in [-0.1, -0.05) is 30.3 Å². The van der Waals surface area contributed by atoms with Gasteiger partial charge in [0.1, 0.15) is 5.01 Å². The molecule has 0 radical (unpaired) electrons. The van der Waals surface area contributed by atoms with E-state index in [1.807, 2.05) is 47.8 Å². The third-order valence-electron chi connectivity index (χ3n) is 3.43. The summed E-state index contributed by atoms with van der Waals surface area (Å²) in [7, 11) is 0. The second-order valence-corrected chi connectivity index (χ2v) is 6.85. The van der Waals surface area contributed by atoms with Crippen molar-refractivity contribution < 1.29 is 4.79 Å². The molecule has 0 N–H and O–H groups in total. The molecule has 0 aliphatic carbocycles. The van der Waals surface area contributed by atoms with Gasteiger partial charge in [0.15, 0.2) is 5.78 Å². The summed E-state index contributed by atoms with van der Waals surface area (Å²) in [5, 5.41) is 3.89. The predicted octanol–water partition coefficient (Wildman–Crippen LogP) is 4.94. The Bertz CT molecular complexity index is 918. The van der Waals surface area contributed by atoms with Gasteiger partial charge in [0.25, 0.3) is 0 Å². The summed E-state index contributed by atoms with van der Waals surface area (Å²) in [6, 6.07) is 16.0. The highest BCUT2D eigenvalue weighted by molar-refractivity contribution is 7.18. The smallest absolute Gasteiger partial charge is 0.171 e. The van der Waals surface area contributed by atoms with E-state index in [-0.39, 0.29) is 5.78 Å². The largest absolute Gasteiger partial charge is 0.294 e. The van der Waals surface area contributed by atoms with Gasteiger partial charge in [-0.25, -0.2) is 4.98 Å². The maximum absolute atomic E-state index is 12.5. The fraction of sp³-hybridized carbons (Fsp3) is 0.0588. The molecule has 0 fully saturated rings. The summed E-state index contributed by atoms with van der Waals surface area (Å²) >= 11 is 3.22. The molecule has 0 bridgehead atoms. The highest BCUT2D eigenvalue weighted by Crippen LogP contribution is 2.28. The highest BCUT2D eigenvalue weighted by atomic mass is 32.1. The molecule has 0 saturated heterocycles. The van der Waals surface area contributed by atoms with Crippen molar-refractivity contribution in [3.63, 3.8) is 0 Å². The van der Waals surface area contributed by atoms with Gasteiger partial charge in [0.2, 0.25) is 0 Å². The van der Waals surface area contributed by atoms with Crippen LogP contribution in [0.15, 0.2) is 53.9 Å². The van der Waals surface area contributed by atoms with Crippen LogP contribution in [0.5, 0.6) is 0 Å². The van der Waals surface area contributed by atoms with Crippen LogP contribution in [-0.4, -0.2) is 10.8 Å². The fourth-order valence-corrected chi connectivity index (χ4v) is 4.35. The molecule has 0 saturated carbocycles. The number of Topliss-reactive ketones (excluding diaryl/α,β-unsaturated/α-hetero) is 1. The van der Waals surface area contributed by atoms with Gasteiger partial charge in [-0.3, -0.25) is 4.79 Å². The molecule has 4 rings (SSSR count). The van der Waals surface area contributed by atoms with Gasteiger partial charge >= 0.3 is 0 Å². The molecule has 2 aromatic carbocycles. The minimum Gasteiger partial charge on any atom is -0.294 e. The molecule has 0 amide bonds. The Kier molecular flexibility index (Phi) is 3.05. The van der Waals surface area contributed by atoms with Crippen molar-refractivity contribution in [1.82, 2.24) is 4.98 Å². The molecule has 2 heterocycles. The van der Waals surface area contributed by atoms with Crippen LogP contribution in [0.4, 0.5) is 0 Å². The molecule has 2 nitrogen and oxygen atoms in total. The molecule has 0 aliphatic heterocycles. The van der Waals surface area contributed by atoms with E-state index in [9.17, 15) is 4.79 Å². The monoisotopic (exact) mass is 309 g/mol. The maximum Gasteiger partial charge on any atom is 0.171 e. The third kappa shape index (κ3) is 2.26. The average Bonchev–Trinajstić information content (AvgIpc) is 3.10. The normalized spacial score (nSPS) is 11.2. The Morgan fingerprint density at radius 2 is 1.76 bits per heavy atom. The molecular weight excluding hydrogens is 298 g/mol. The lowest BCUT2D eigenvalue weighted by Crippen LogP contribution is -2.02. The van der Waals surface area contributed by atoms with E-state index in [4.69, 9.17) is 0 Å². The number of carbonyl (C=O) groups is 1. The number of aromatic nitrogens is 1. The van der Waals surface area contributed by atoms with Gasteiger partial charge in [-0.05, 0) is 18.2 Å². The zero-order valence-electron chi connectivity index (χ0n) is 11.1. The van der Waals surface area contributed by atoms with Crippen molar-refractivity contribution in [1.29, 1.82) is 0 Å². The second kappa shape index (κ2) is 5.06. The standard InChI is InChI=1S/C17H11NOS2/c19-14(12-10-20-15-7-3-1-5-11(12)15)9-17-18-13-6-2-4-8-16(13)21-17/h1-8,10H,9H2. The number of carbonyl (C=O) groups excluding carboxylic acids is 1. The fourth-order valence-electron chi connectivity index (χ4n) is 2.42. The predicted molar refractivity (Wildman–Crippen MR) is 89.5 cm³/mol. The number of para-hydroxylation sites is 1. The van der Waals surface area contributed by atoms with Gasteiger partial charge in [-0.2, -0.15) is 0 Å². The summed E-state index contributed by atoms with van der Waals surface area (Å²) in [5.41, 5.74) is 1.79. The average molecular weight is 309 g/mol. The molecule has 102 valence electrons. The van der Waals surface area contributed by atoms with E-state index in [1.54, 1.807) is 22.7 Å². The topological polar surface area (TPSA) is 30.0 Å². The summed E-state index contributed by atoms with van der Waals surface area (Å²) < 4.78 is 2.29. The van der Waals surface area contributed by atoms with E-state index >= 15 is 0 Å². The molecule has 0 spiro atoms. The van der Waals surface area contributed by atoms with Crippen LogP contribution < -0.4 is 0 Å². The molecule has 0 aliphatic rings. The SMILES string of the molecule is O=C(Cc1nc2ccccc2s1)c1csc2ccccc12. The zero-order chi connectivity index (χ0) is 14.2. The Morgan fingerprint density at radius 3 is 2.62 bits per heavy atom. The van der Waals surface area contributed by atoms with Gasteiger partial charge in [0.05, 0.1) is 16.6 Å². The highest BCUT2D eigenvalue weighted by Gasteiger charge is 2.14. The first-order valence-electron chi connectivity index (χ1n) is 6.65. The van der Waals surface area contributed by atoms with Crippen molar-refractivity contribution >= 4 is 48.8 Å². The van der Waals surface area contributed by atoms with Crippen molar-refractivity contribution in [2.45, 2.75) is 6.42 Å². The van der Waals surface area contributed by atoms with E-state index in [0.717, 1.165) is 30.9 Å². The summed E-state index contributed by atoms with van der Waals surface area (Å²) in [4.78, 5) is 17.1. The molecule has 0 unspecified atom stereocenters. The lowest BCUT2D eigenvalue weighted by atomic mass is 10.1. The number of thiophene rings is 1. The quantitative estimate of drug-likeness (QED) is 0.502. The van der Waals surface area contributed by atoms with E-state index < -0.39 is 0 Å². The molecule has 2 aromatic heterocycles. The van der Waals surface area contributed by atoms with Crippen LogP contribution in [0.3, 0.4) is 0 Å². The number of rotatable bonds is 3. The van der Waals surface area contributed by atoms with Crippen LogP contribution in [0, 0.1) is 0 Å². The van der Waals surface area contributed by atoms with E-state index in [2.05, 4.69) is 11.1 Å². The van der Waals surface area contributed by atoms with Crippen molar-refractivity contribution in [2.75, 3.05) is 0 Å². The molecule has 0 atom stereocenters. The summed E-state index contributed by atoms with van der Waals surface area (Å²) in [6.07, 6.45) is 0.375. The van der Waals surface area contributed by atoms with E-state index in [1.165, 1.54) is 0 Å². The molecule has 21 heavy (non-hydrogen) atoms. The van der Waals surface area contributed by atoms with Crippen LogP contribution >= 0.6 is 22.7 Å². The van der Waals surface area contributed by atoms with Gasteiger partial charge < -0.3 is 0 Å². The molecular formula is C17H11NOS2. The van der Waals surface area contributed by atoms with Crippen molar-refractivity contribution in [3.05, 3.63) is 64.5 Å². The Morgan fingerprint density at radius 1 is 1.00 bits per heavy atom. The number of fused-ring (bicyclic) bond motifs is 2. The minimum atomic E-state index is 0.145. The van der Waals surface area contributed by atoms with Crippen LogP contribution in [-0.2, 0) is 6.42 Å². The number of hydrogen-bond acceptors (Lipinski definition) is 4. The minimum absolute atomic E-state index is 0.145. The second-order valence-electron chi connectivity index (χ2n) is 4.82. The van der Waals surface area contributed by atoms with Gasteiger partial charge in [0, 0.05) is 21.0 Å². The first-order valence-corrected chi connectivity index (χ1v) is 8.35. The Labute approximate surface area is 129 Å². The third-order valence-corrected chi connectivity index (χ3v) is 5.43. The number of thiazole rings is 1. The van der Waals surface area contributed by atoms with E-state index in [0.29, 0.717) is 6.42 Å².